The molecule has 1 aliphatic heterocycles. The highest BCUT2D eigenvalue weighted by molar-refractivity contribution is 9.10. The number of nitrogens with one attached hydrogen (secondary N) is 1. The maximum atomic E-state index is 12.2. The van der Waals surface area contributed by atoms with Gasteiger partial charge in [-0.15, -0.1) is 0 Å². The van der Waals surface area contributed by atoms with Gasteiger partial charge in [-0.3, -0.25) is 4.79 Å². The summed E-state index contributed by atoms with van der Waals surface area (Å²) in [6.07, 6.45) is 2.18. The van der Waals surface area contributed by atoms with Crippen molar-refractivity contribution in [2.24, 2.45) is 0 Å². The number of methoxy groups -OCH3 is 1. The van der Waals surface area contributed by atoms with Crippen LogP contribution in [0.1, 0.15) is 23.2 Å². The lowest BCUT2D eigenvalue weighted by Gasteiger charge is -2.30. The summed E-state index contributed by atoms with van der Waals surface area (Å²) in [6.45, 7) is 2.03. The van der Waals surface area contributed by atoms with Gasteiger partial charge in [0.15, 0.2) is 0 Å². The zero-order valence-electron chi connectivity index (χ0n) is 11.3. The van der Waals surface area contributed by atoms with Crippen LogP contribution >= 0.6 is 15.9 Å². The molecule has 0 bridgehead atoms. The third-order valence-electron chi connectivity index (χ3n) is 3.37. The van der Waals surface area contributed by atoms with Crippen LogP contribution in [-0.2, 0) is 0 Å². The highest BCUT2D eigenvalue weighted by atomic mass is 79.9. The Balaban J connectivity index is 2.01. The molecule has 5 heteroatoms. The minimum atomic E-state index is -0.0244. The Morgan fingerprint density at radius 1 is 1.53 bits per heavy atom. The highest BCUT2D eigenvalue weighted by Crippen LogP contribution is 2.25. The Morgan fingerprint density at radius 3 is 2.95 bits per heavy atom. The molecule has 0 radical (unpaired) electrons. The van der Waals surface area contributed by atoms with Crippen molar-refractivity contribution in [2.75, 3.05) is 27.2 Å². The number of likely N-dealkylation sites (N-methyl/N-ethyl adjacent to an activating group) is 1. The van der Waals surface area contributed by atoms with Crippen LogP contribution in [-0.4, -0.2) is 44.1 Å². The molecule has 1 saturated heterocycles. The van der Waals surface area contributed by atoms with E-state index in [4.69, 9.17) is 4.74 Å². The Morgan fingerprint density at radius 2 is 2.32 bits per heavy atom. The number of amides is 1. The number of benzene rings is 1. The zero-order valence-corrected chi connectivity index (χ0v) is 12.9. The molecule has 0 spiro atoms. The van der Waals surface area contributed by atoms with Gasteiger partial charge in [-0.1, -0.05) is 0 Å². The number of piperidine rings is 1. The molecule has 1 heterocycles. The van der Waals surface area contributed by atoms with Crippen LogP contribution in [0.3, 0.4) is 0 Å². The van der Waals surface area contributed by atoms with Gasteiger partial charge in [0.2, 0.25) is 0 Å². The van der Waals surface area contributed by atoms with Crippen molar-refractivity contribution in [2.45, 2.75) is 18.9 Å². The third-order valence-corrected chi connectivity index (χ3v) is 3.99. The zero-order chi connectivity index (χ0) is 13.8. The first-order chi connectivity index (χ1) is 9.10. The molecule has 1 N–H and O–H groups in total. The van der Waals surface area contributed by atoms with Crippen LogP contribution < -0.4 is 10.1 Å². The summed E-state index contributed by atoms with van der Waals surface area (Å²) < 4.78 is 5.95. The molecule has 1 fully saturated rings. The molecular weight excluding hydrogens is 308 g/mol. The summed E-state index contributed by atoms with van der Waals surface area (Å²) in [5.74, 6) is 0.706. The summed E-state index contributed by atoms with van der Waals surface area (Å²) in [4.78, 5) is 14.4. The van der Waals surface area contributed by atoms with Crippen LogP contribution in [0.15, 0.2) is 22.7 Å². The standard InChI is InChI=1S/C14H19BrN2O2/c1-17-7-3-4-11(9-17)16-14(18)10-5-6-13(19-2)12(15)8-10/h5-6,8,11H,3-4,7,9H2,1-2H3,(H,16,18). The van der Waals surface area contributed by atoms with Gasteiger partial charge in [-0.2, -0.15) is 0 Å². The summed E-state index contributed by atoms with van der Waals surface area (Å²) in [6, 6.07) is 5.62. The second-order valence-electron chi connectivity index (χ2n) is 4.92. The van der Waals surface area contributed by atoms with Crippen molar-refractivity contribution < 1.29 is 9.53 Å². The molecule has 104 valence electrons. The molecule has 1 unspecified atom stereocenters. The van der Waals surface area contributed by atoms with Crippen LogP contribution in [0.4, 0.5) is 0 Å². The normalized spacial score (nSPS) is 20.1. The number of likely N-dealkylation sites (tertiary alicyclic amines) is 1. The smallest absolute Gasteiger partial charge is 0.251 e. The SMILES string of the molecule is COc1ccc(C(=O)NC2CCCN(C)C2)cc1Br. The predicted molar refractivity (Wildman–Crippen MR) is 78.7 cm³/mol. The molecule has 1 atom stereocenters. The number of nitrogens with zero attached hydrogens (tertiary/aromatic N) is 1. The Hall–Kier alpha value is -1.07. The average Bonchev–Trinajstić information content (AvgIpc) is 2.38. The maximum absolute atomic E-state index is 12.2. The van der Waals surface area contributed by atoms with Crippen LogP contribution in [0, 0.1) is 0 Å². The van der Waals surface area contributed by atoms with Crippen LogP contribution in [0.25, 0.3) is 0 Å². The summed E-state index contributed by atoms with van der Waals surface area (Å²) in [5.41, 5.74) is 0.654. The molecule has 1 aromatic carbocycles. The molecule has 2 rings (SSSR count). The van der Waals surface area contributed by atoms with Gasteiger partial charge in [-0.25, -0.2) is 0 Å². The minimum absolute atomic E-state index is 0.0244. The number of carbonyl (C=O) groups is 1. The molecule has 0 saturated carbocycles. The van der Waals surface area contributed by atoms with E-state index in [1.807, 2.05) is 0 Å². The molecule has 1 aromatic rings. The van der Waals surface area contributed by atoms with Gasteiger partial charge in [0.25, 0.3) is 5.91 Å². The monoisotopic (exact) mass is 326 g/mol. The number of hydrogen-bond acceptors (Lipinski definition) is 3. The largest absolute Gasteiger partial charge is 0.496 e. The average molecular weight is 327 g/mol. The van der Waals surface area contributed by atoms with E-state index in [0.717, 1.165) is 36.2 Å². The van der Waals surface area contributed by atoms with Crippen molar-refractivity contribution >= 4 is 21.8 Å². The summed E-state index contributed by atoms with van der Waals surface area (Å²) in [5, 5.41) is 3.09. The molecule has 4 nitrogen and oxygen atoms in total. The number of rotatable bonds is 3. The number of halogens is 1. The molecule has 1 aliphatic rings. The first kappa shape index (κ1) is 14.3. The van der Waals surface area contributed by atoms with Crippen molar-refractivity contribution in [1.29, 1.82) is 0 Å². The molecule has 0 aromatic heterocycles. The Kier molecular flexibility index (Phi) is 4.82. The van der Waals surface area contributed by atoms with Gasteiger partial charge in [0, 0.05) is 18.2 Å². The lowest BCUT2D eigenvalue weighted by atomic mass is 10.1. The van der Waals surface area contributed by atoms with Crippen molar-refractivity contribution in [3.63, 3.8) is 0 Å². The lowest BCUT2D eigenvalue weighted by Crippen LogP contribution is -2.46. The molecular formula is C14H19BrN2O2. The third kappa shape index (κ3) is 3.70. The summed E-state index contributed by atoms with van der Waals surface area (Å²) >= 11 is 3.40. The van der Waals surface area contributed by atoms with Crippen molar-refractivity contribution in [3.8, 4) is 5.75 Å². The van der Waals surface area contributed by atoms with E-state index in [9.17, 15) is 4.79 Å². The number of ether oxygens (including phenoxy) is 1. The van der Waals surface area contributed by atoms with E-state index in [0.29, 0.717) is 5.56 Å². The van der Waals surface area contributed by atoms with Gasteiger partial charge in [0.05, 0.1) is 11.6 Å². The van der Waals surface area contributed by atoms with Crippen molar-refractivity contribution in [1.82, 2.24) is 10.2 Å². The highest BCUT2D eigenvalue weighted by Gasteiger charge is 2.19. The summed E-state index contributed by atoms with van der Waals surface area (Å²) in [7, 11) is 3.69. The van der Waals surface area contributed by atoms with Crippen LogP contribution in [0.2, 0.25) is 0 Å². The fourth-order valence-corrected chi connectivity index (χ4v) is 2.90. The Labute approximate surface area is 122 Å². The van der Waals surface area contributed by atoms with E-state index in [2.05, 4.69) is 33.2 Å². The lowest BCUT2D eigenvalue weighted by molar-refractivity contribution is 0.0912. The van der Waals surface area contributed by atoms with E-state index in [1.165, 1.54) is 0 Å². The van der Waals surface area contributed by atoms with Crippen molar-refractivity contribution in [3.05, 3.63) is 28.2 Å². The number of hydrogen-bond donors (Lipinski definition) is 1. The first-order valence-electron chi connectivity index (χ1n) is 6.43. The van der Waals surface area contributed by atoms with E-state index < -0.39 is 0 Å². The fourth-order valence-electron chi connectivity index (χ4n) is 2.36. The fraction of sp³-hybridized carbons (Fsp3) is 0.500. The second-order valence-corrected chi connectivity index (χ2v) is 5.78. The van der Waals surface area contributed by atoms with E-state index in [1.54, 1.807) is 25.3 Å². The van der Waals surface area contributed by atoms with Gasteiger partial charge < -0.3 is 15.0 Å². The second kappa shape index (κ2) is 6.39. The molecule has 1 amide bonds. The first-order valence-corrected chi connectivity index (χ1v) is 7.22. The topological polar surface area (TPSA) is 41.6 Å². The molecule has 0 aliphatic carbocycles. The molecule has 19 heavy (non-hydrogen) atoms. The van der Waals surface area contributed by atoms with E-state index >= 15 is 0 Å². The van der Waals surface area contributed by atoms with Gasteiger partial charge in [0.1, 0.15) is 5.75 Å². The predicted octanol–water partition coefficient (Wildman–Crippen LogP) is 2.28. The van der Waals surface area contributed by atoms with Gasteiger partial charge >= 0.3 is 0 Å². The van der Waals surface area contributed by atoms with Gasteiger partial charge in [-0.05, 0) is 60.6 Å². The van der Waals surface area contributed by atoms with E-state index in [-0.39, 0.29) is 11.9 Å². The minimum Gasteiger partial charge on any atom is -0.496 e. The Bertz CT molecular complexity index is 465. The quantitative estimate of drug-likeness (QED) is 0.926. The maximum Gasteiger partial charge on any atom is 0.251 e. The number of carbonyl (C=O) groups excluding carboxylic acids is 1. The van der Waals surface area contributed by atoms with Crippen LogP contribution in [0.5, 0.6) is 5.75 Å².